The summed E-state index contributed by atoms with van der Waals surface area (Å²) >= 11 is 0. The number of benzene rings is 1. The highest BCUT2D eigenvalue weighted by Gasteiger charge is 2.15. The van der Waals surface area contributed by atoms with E-state index in [2.05, 4.69) is 6.07 Å². The lowest BCUT2D eigenvalue weighted by molar-refractivity contribution is 0.0981. The summed E-state index contributed by atoms with van der Waals surface area (Å²) < 4.78 is 10.9. The summed E-state index contributed by atoms with van der Waals surface area (Å²) in [4.78, 5) is 12.2. The Labute approximate surface area is 118 Å². The predicted molar refractivity (Wildman–Crippen MR) is 76.5 cm³/mol. The predicted octanol–water partition coefficient (Wildman–Crippen LogP) is 3.65. The van der Waals surface area contributed by atoms with E-state index in [1.807, 2.05) is 32.0 Å². The van der Waals surface area contributed by atoms with Crippen molar-refractivity contribution in [2.75, 3.05) is 6.61 Å². The number of hydrogen-bond donors (Lipinski definition) is 0. The molecule has 0 bridgehead atoms. The average Bonchev–Trinajstić information content (AvgIpc) is 3.01. The summed E-state index contributed by atoms with van der Waals surface area (Å²) in [7, 11) is 0. The number of fused-ring (bicyclic) bond motifs is 1. The second kappa shape index (κ2) is 5.16. The lowest BCUT2D eigenvalue weighted by Crippen LogP contribution is -2.01. The first-order chi connectivity index (χ1) is 9.63. The maximum atomic E-state index is 12.2. The van der Waals surface area contributed by atoms with Crippen LogP contribution < -0.4 is 4.74 Å². The van der Waals surface area contributed by atoms with Crippen LogP contribution in [0.25, 0.3) is 0 Å². The van der Waals surface area contributed by atoms with E-state index < -0.39 is 0 Å². The van der Waals surface area contributed by atoms with E-state index in [1.165, 1.54) is 11.1 Å². The van der Waals surface area contributed by atoms with Crippen LogP contribution in [-0.2, 0) is 12.8 Å². The molecule has 0 atom stereocenters. The number of hydrogen-bond acceptors (Lipinski definition) is 3. The topological polar surface area (TPSA) is 39.4 Å². The first-order valence-electron chi connectivity index (χ1n) is 6.98. The van der Waals surface area contributed by atoms with Gasteiger partial charge in [0.2, 0.25) is 0 Å². The van der Waals surface area contributed by atoms with Crippen molar-refractivity contribution in [1.29, 1.82) is 0 Å². The van der Waals surface area contributed by atoms with E-state index in [4.69, 9.17) is 9.15 Å². The van der Waals surface area contributed by atoms with E-state index in [0.29, 0.717) is 12.0 Å². The molecule has 3 heteroatoms. The second-order valence-electron chi connectivity index (χ2n) is 5.29. The quantitative estimate of drug-likeness (QED) is 0.796. The van der Waals surface area contributed by atoms with E-state index in [1.54, 1.807) is 0 Å². The SMILES string of the molecule is Cc1cc(C(=O)CCc2ccc3c(c2)CCO3)c(C)o1. The molecular weight excluding hydrogens is 252 g/mol. The van der Waals surface area contributed by atoms with E-state index >= 15 is 0 Å². The average molecular weight is 270 g/mol. The molecule has 0 unspecified atom stereocenters. The van der Waals surface area contributed by atoms with Crippen LogP contribution in [0.2, 0.25) is 0 Å². The molecule has 0 saturated heterocycles. The van der Waals surface area contributed by atoms with Crippen molar-refractivity contribution < 1.29 is 13.9 Å². The van der Waals surface area contributed by atoms with Gasteiger partial charge >= 0.3 is 0 Å². The molecule has 1 aromatic heterocycles. The highest BCUT2D eigenvalue weighted by Crippen LogP contribution is 2.26. The van der Waals surface area contributed by atoms with Crippen molar-refractivity contribution in [3.8, 4) is 5.75 Å². The maximum Gasteiger partial charge on any atom is 0.166 e. The molecule has 0 radical (unpaired) electrons. The van der Waals surface area contributed by atoms with Gasteiger partial charge in [-0.1, -0.05) is 12.1 Å². The van der Waals surface area contributed by atoms with Crippen LogP contribution in [0.15, 0.2) is 28.7 Å². The third-order valence-electron chi connectivity index (χ3n) is 3.74. The molecule has 0 N–H and O–H groups in total. The fraction of sp³-hybridized carbons (Fsp3) is 0.353. The summed E-state index contributed by atoms with van der Waals surface area (Å²) in [6.07, 6.45) is 2.24. The van der Waals surface area contributed by atoms with Crippen molar-refractivity contribution in [3.63, 3.8) is 0 Å². The Bertz CT molecular complexity index is 652. The third-order valence-corrected chi connectivity index (χ3v) is 3.74. The minimum absolute atomic E-state index is 0.149. The molecule has 0 aliphatic carbocycles. The van der Waals surface area contributed by atoms with E-state index in [-0.39, 0.29) is 5.78 Å². The Balaban J connectivity index is 1.67. The van der Waals surface area contributed by atoms with Crippen LogP contribution in [0.5, 0.6) is 5.75 Å². The smallest absolute Gasteiger partial charge is 0.166 e. The summed E-state index contributed by atoms with van der Waals surface area (Å²) in [6, 6.07) is 8.04. The fourth-order valence-electron chi connectivity index (χ4n) is 2.70. The molecule has 2 heterocycles. The number of aryl methyl sites for hydroxylation is 3. The van der Waals surface area contributed by atoms with Gasteiger partial charge in [0.25, 0.3) is 0 Å². The zero-order chi connectivity index (χ0) is 14.1. The van der Waals surface area contributed by atoms with Crippen LogP contribution in [-0.4, -0.2) is 12.4 Å². The van der Waals surface area contributed by atoms with Crippen LogP contribution in [0.3, 0.4) is 0 Å². The van der Waals surface area contributed by atoms with Gasteiger partial charge in [-0.25, -0.2) is 0 Å². The summed E-state index contributed by atoms with van der Waals surface area (Å²) in [5.74, 6) is 2.65. The van der Waals surface area contributed by atoms with Gasteiger partial charge in [-0.15, -0.1) is 0 Å². The Morgan fingerprint density at radius 3 is 2.85 bits per heavy atom. The van der Waals surface area contributed by atoms with Gasteiger partial charge in [-0.2, -0.15) is 0 Å². The largest absolute Gasteiger partial charge is 0.493 e. The Morgan fingerprint density at radius 2 is 2.10 bits per heavy atom. The second-order valence-corrected chi connectivity index (χ2v) is 5.29. The van der Waals surface area contributed by atoms with Crippen molar-refractivity contribution in [1.82, 2.24) is 0 Å². The first-order valence-corrected chi connectivity index (χ1v) is 6.98. The number of carbonyl (C=O) groups excluding carboxylic acids is 1. The van der Waals surface area contributed by atoms with Gasteiger partial charge in [-0.3, -0.25) is 4.79 Å². The Hall–Kier alpha value is -2.03. The monoisotopic (exact) mass is 270 g/mol. The molecule has 1 aliphatic heterocycles. The van der Waals surface area contributed by atoms with Gasteiger partial charge in [-0.05, 0) is 43.5 Å². The van der Waals surface area contributed by atoms with Gasteiger partial charge in [0.05, 0.1) is 12.2 Å². The molecule has 1 aromatic carbocycles. The molecule has 0 amide bonds. The minimum Gasteiger partial charge on any atom is -0.493 e. The molecule has 1 aliphatic rings. The van der Waals surface area contributed by atoms with Crippen molar-refractivity contribution >= 4 is 5.78 Å². The van der Waals surface area contributed by atoms with Crippen LogP contribution in [0.1, 0.15) is 39.4 Å². The summed E-state index contributed by atoms with van der Waals surface area (Å²) in [5.41, 5.74) is 3.16. The molecular formula is C17H18O3. The zero-order valence-electron chi connectivity index (χ0n) is 11.9. The molecule has 104 valence electrons. The first kappa shape index (κ1) is 13.0. The number of ketones is 1. The van der Waals surface area contributed by atoms with E-state index in [0.717, 1.165) is 36.7 Å². The Morgan fingerprint density at radius 1 is 1.25 bits per heavy atom. The van der Waals surface area contributed by atoms with Gasteiger partial charge < -0.3 is 9.15 Å². The lowest BCUT2D eigenvalue weighted by Gasteiger charge is -2.04. The van der Waals surface area contributed by atoms with Crippen LogP contribution in [0, 0.1) is 13.8 Å². The van der Waals surface area contributed by atoms with Crippen molar-refractivity contribution in [2.45, 2.75) is 33.1 Å². The number of furan rings is 1. The molecule has 20 heavy (non-hydrogen) atoms. The standard InChI is InChI=1S/C17H18O3/c1-11-9-15(12(2)20-11)16(18)5-3-13-4-6-17-14(10-13)7-8-19-17/h4,6,9-10H,3,5,7-8H2,1-2H3. The van der Waals surface area contributed by atoms with Crippen molar-refractivity contribution in [2.24, 2.45) is 0 Å². The summed E-state index contributed by atoms with van der Waals surface area (Å²) in [6.45, 7) is 4.47. The van der Waals surface area contributed by atoms with E-state index in [9.17, 15) is 4.79 Å². The molecule has 3 nitrogen and oxygen atoms in total. The number of carbonyl (C=O) groups is 1. The zero-order valence-corrected chi connectivity index (χ0v) is 11.9. The number of Topliss-reactive ketones (excluding diaryl/α,β-unsaturated/α-hetero) is 1. The van der Waals surface area contributed by atoms with Gasteiger partial charge in [0.15, 0.2) is 5.78 Å². The van der Waals surface area contributed by atoms with Gasteiger partial charge in [0, 0.05) is 12.8 Å². The molecule has 0 saturated carbocycles. The Kier molecular flexibility index (Phi) is 3.35. The highest BCUT2D eigenvalue weighted by molar-refractivity contribution is 5.97. The summed E-state index contributed by atoms with van der Waals surface area (Å²) in [5, 5.41) is 0. The maximum absolute atomic E-state index is 12.2. The normalized spacial score (nSPS) is 13.1. The fourth-order valence-corrected chi connectivity index (χ4v) is 2.70. The molecule has 2 aromatic rings. The lowest BCUT2D eigenvalue weighted by atomic mass is 10.0. The van der Waals surface area contributed by atoms with Crippen LogP contribution >= 0.6 is 0 Å². The number of ether oxygens (including phenoxy) is 1. The van der Waals surface area contributed by atoms with Crippen LogP contribution in [0.4, 0.5) is 0 Å². The molecule has 0 spiro atoms. The number of rotatable bonds is 4. The highest BCUT2D eigenvalue weighted by atomic mass is 16.5. The molecule has 0 fully saturated rings. The van der Waals surface area contributed by atoms with Gasteiger partial charge in [0.1, 0.15) is 17.3 Å². The minimum atomic E-state index is 0.149. The molecule has 3 rings (SSSR count). The van der Waals surface area contributed by atoms with Crippen molar-refractivity contribution in [3.05, 3.63) is 52.5 Å². The third kappa shape index (κ3) is 2.48.